The van der Waals surface area contributed by atoms with Crippen molar-refractivity contribution in [1.82, 2.24) is 5.32 Å². The third-order valence-corrected chi connectivity index (χ3v) is 7.43. The molecule has 38 heavy (non-hydrogen) atoms. The predicted molar refractivity (Wildman–Crippen MR) is 152 cm³/mol. The maximum absolute atomic E-state index is 14.7. The number of carboxylic acid groups (broad SMARTS) is 1. The molecule has 0 radical (unpaired) electrons. The van der Waals surface area contributed by atoms with Gasteiger partial charge in [0.25, 0.3) is 0 Å². The van der Waals surface area contributed by atoms with E-state index in [1.54, 1.807) is 18.2 Å². The number of hydrogen-bond acceptors (Lipinski definition) is 3. The molecule has 0 unspecified atom stereocenters. The molecule has 1 amide bonds. The lowest BCUT2D eigenvalue weighted by Crippen LogP contribution is -2.38. The first-order valence-electron chi connectivity index (χ1n) is 14.0. The van der Waals surface area contributed by atoms with E-state index < -0.39 is 5.97 Å². The minimum atomic E-state index is -1.05. The largest absolute Gasteiger partial charge is 0.490 e. The molecule has 0 aromatic heterocycles. The Hall–Kier alpha value is -2.89. The van der Waals surface area contributed by atoms with Crippen LogP contribution < -0.4 is 10.1 Å². The second kappa shape index (κ2) is 13.8. The molecule has 3 rings (SSSR count). The van der Waals surface area contributed by atoms with Crippen LogP contribution in [0.15, 0.2) is 36.4 Å². The van der Waals surface area contributed by atoms with Crippen molar-refractivity contribution in [2.24, 2.45) is 11.3 Å². The van der Waals surface area contributed by atoms with Crippen molar-refractivity contribution in [3.63, 3.8) is 0 Å². The molecule has 2 aromatic carbocycles. The second-order valence-corrected chi connectivity index (χ2v) is 11.3. The molecule has 6 heteroatoms. The smallest absolute Gasteiger partial charge is 0.335 e. The number of rotatable bonds is 10. The van der Waals surface area contributed by atoms with Gasteiger partial charge in [0.1, 0.15) is 17.7 Å². The quantitative estimate of drug-likeness (QED) is 0.326. The molecule has 0 spiro atoms. The minimum Gasteiger partial charge on any atom is -0.490 e. The van der Waals surface area contributed by atoms with Gasteiger partial charge in [-0.3, -0.25) is 4.79 Å². The number of carbonyl (C=O) groups excluding carboxylic acids is 1. The van der Waals surface area contributed by atoms with Crippen LogP contribution >= 0.6 is 0 Å². The Bertz CT molecular complexity index is 1090. The molecule has 1 aliphatic carbocycles. The number of amides is 1. The fourth-order valence-electron chi connectivity index (χ4n) is 5.10. The molecule has 1 fully saturated rings. The molecule has 2 N–H and O–H groups in total. The Balaban J connectivity index is 0.00000247. The van der Waals surface area contributed by atoms with E-state index in [1.165, 1.54) is 12.1 Å². The van der Waals surface area contributed by atoms with Crippen LogP contribution in [0.5, 0.6) is 5.75 Å². The molecular formula is C32H46FNO4. The highest BCUT2D eigenvalue weighted by atomic mass is 19.1. The number of nitrogens with one attached hydrogen (secondary N) is 1. The molecule has 0 heterocycles. The van der Waals surface area contributed by atoms with Crippen LogP contribution in [-0.2, 0) is 4.79 Å². The van der Waals surface area contributed by atoms with Crippen molar-refractivity contribution in [3.05, 3.63) is 53.3 Å². The van der Waals surface area contributed by atoms with Crippen molar-refractivity contribution in [1.29, 1.82) is 0 Å². The van der Waals surface area contributed by atoms with E-state index in [0.29, 0.717) is 28.9 Å². The summed E-state index contributed by atoms with van der Waals surface area (Å²) in [6.07, 6.45) is 4.02. The summed E-state index contributed by atoms with van der Waals surface area (Å²) in [6, 6.07) is 9.64. The van der Waals surface area contributed by atoms with Crippen LogP contribution in [0.3, 0.4) is 0 Å². The molecule has 1 saturated carbocycles. The van der Waals surface area contributed by atoms with Gasteiger partial charge in [-0.2, -0.15) is 0 Å². The minimum absolute atomic E-state index is 0.0387. The van der Waals surface area contributed by atoms with Crippen LogP contribution in [0.4, 0.5) is 4.39 Å². The van der Waals surface area contributed by atoms with Crippen molar-refractivity contribution in [2.45, 2.75) is 106 Å². The van der Waals surface area contributed by atoms with Gasteiger partial charge in [-0.05, 0) is 66.0 Å². The highest BCUT2D eigenvalue weighted by molar-refractivity contribution is 5.91. The molecule has 1 aliphatic rings. The number of halogens is 1. The predicted octanol–water partition coefficient (Wildman–Crippen LogP) is 8.22. The van der Waals surface area contributed by atoms with E-state index >= 15 is 0 Å². The average Bonchev–Trinajstić information content (AvgIpc) is 3.31. The van der Waals surface area contributed by atoms with Gasteiger partial charge in [-0.1, -0.05) is 73.9 Å². The Morgan fingerprint density at radius 3 is 2.39 bits per heavy atom. The standard InChI is InChI=1S/C30H40FNO4.C2H6/c1-7-30(5,6)17-19(4)28(33)32-21-12-13-22(16-21)36-26-14-11-20(29(34)35)15-24(26)23-9-8-10-25(31)27(23)18(2)3;1-2/h8-11,14-15,18-19,21-22H,7,12-13,16-17H2,1-6H3,(H,32,33)(H,34,35);1-2H3/t19-,21+,22+;/m0./s1. The molecule has 3 atom stereocenters. The van der Waals surface area contributed by atoms with E-state index in [4.69, 9.17) is 4.74 Å². The SMILES string of the molecule is CC.CCC(C)(C)C[C@H](C)C(=O)N[C@@H]1CC[C@@H](Oc2ccc(C(=O)O)cc2-c2cccc(F)c2C(C)C)C1. The highest BCUT2D eigenvalue weighted by Gasteiger charge is 2.31. The molecule has 0 aliphatic heterocycles. The number of carbonyl (C=O) groups is 2. The highest BCUT2D eigenvalue weighted by Crippen LogP contribution is 2.39. The molecule has 210 valence electrons. The first kappa shape index (κ1) is 31.3. The Labute approximate surface area is 228 Å². The number of aromatic carboxylic acids is 1. The zero-order chi connectivity index (χ0) is 28.6. The van der Waals surface area contributed by atoms with E-state index in [2.05, 4.69) is 26.1 Å². The van der Waals surface area contributed by atoms with Gasteiger partial charge in [0.05, 0.1) is 5.56 Å². The number of benzene rings is 2. The van der Waals surface area contributed by atoms with Crippen LogP contribution in [-0.4, -0.2) is 29.1 Å². The normalized spacial score (nSPS) is 17.9. The summed E-state index contributed by atoms with van der Waals surface area (Å²) >= 11 is 0. The zero-order valence-corrected chi connectivity index (χ0v) is 24.4. The van der Waals surface area contributed by atoms with E-state index in [9.17, 15) is 19.1 Å². The Morgan fingerprint density at radius 1 is 1.11 bits per heavy atom. The summed E-state index contributed by atoms with van der Waals surface area (Å²) in [5.41, 5.74) is 1.99. The third kappa shape index (κ3) is 8.05. The third-order valence-electron chi connectivity index (χ3n) is 7.43. The van der Waals surface area contributed by atoms with E-state index in [-0.39, 0.29) is 46.7 Å². The zero-order valence-electron chi connectivity index (χ0n) is 24.4. The Kier molecular flexibility index (Phi) is 11.4. The van der Waals surface area contributed by atoms with Gasteiger partial charge in [-0.25, -0.2) is 9.18 Å². The summed E-state index contributed by atoms with van der Waals surface area (Å²) in [6.45, 7) is 16.3. The van der Waals surface area contributed by atoms with Crippen molar-refractivity contribution >= 4 is 11.9 Å². The average molecular weight is 528 g/mol. The van der Waals surface area contributed by atoms with Gasteiger partial charge >= 0.3 is 5.97 Å². The topological polar surface area (TPSA) is 75.6 Å². The second-order valence-electron chi connectivity index (χ2n) is 11.3. The van der Waals surface area contributed by atoms with Gasteiger partial charge in [0.2, 0.25) is 5.91 Å². The summed E-state index contributed by atoms with van der Waals surface area (Å²) in [5.74, 6) is -0.907. The van der Waals surface area contributed by atoms with Crippen molar-refractivity contribution in [2.75, 3.05) is 0 Å². The van der Waals surface area contributed by atoms with Crippen LogP contribution in [0.1, 0.15) is 109 Å². The molecule has 5 nitrogen and oxygen atoms in total. The van der Waals surface area contributed by atoms with E-state index in [1.807, 2.05) is 40.7 Å². The summed E-state index contributed by atoms with van der Waals surface area (Å²) in [4.78, 5) is 24.5. The van der Waals surface area contributed by atoms with E-state index in [0.717, 1.165) is 25.7 Å². The fourth-order valence-corrected chi connectivity index (χ4v) is 5.10. The van der Waals surface area contributed by atoms with Gasteiger partial charge in [-0.15, -0.1) is 0 Å². The maximum atomic E-state index is 14.7. The lowest BCUT2D eigenvalue weighted by Gasteiger charge is -2.27. The van der Waals surface area contributed by atoms with Gasteiger partial charge in [0, 0.05) is 23.9 Å². The maximum Gasteiger partial charge on any atom is 0.335 e. The number of hydrogen-bond donors (Lipinski definition) is 2. The lowest BCUT2D eigenvalue weighted by atomic mass is 9.81. The Morgan fingerprint density at radius 2 is 1.79 bits per heavy atom. The van der Waals surface area contributed by atoms with Crippen LogP contribution in [0.2, 0.25) is 0 Å². The summed E-state index contributed by atoms with van der Waals surface area (Å²) in [5, 5.41) is 12.8. The molecule has 2 aromatic rings. The van der Waals surface area contributed by atoms with Gasteiger partial charge in [0.15, 0.2) is 0 Å². The molecular weight excluding hydrogens is 481 g/mol. The van der Waals surface area contributed by atoms with Crippen LogP contribution in [0, 0.1) is 17.2 Å². The number of ether oxygens (including phenoxy) is 1. The lowest BCUT2D eigenvalue weighted by molar-refractivity contribution is -0.126. The summed E-state index contributed by atoms with van der Waals surface area (Å²) in [7, 11) is 0. The fraction of sp³-hybridized carbons (Fsp3) is 0.562. The first-order chi connectivity index (χ1) is 17.9. The first-order valence-corrected chi connectivity index (χ1v) is 14.0. The van der Waals surface area contributed by atoms with Crippen LogP contribution in [0.25, 0.3) is 11.1 Å². The monoisotopic (exact) mass is 527 g/mol. The van der Waals surface area contributed by atoms with Crippen molar-refractivity contribution < 1.29 is 23.8 Å². The molecule has 0 saturated heterocycles. The van der Waals surface area contributed by atoms with Gasteiger partial charge < -0.3 is 15.2 Å². The summed E-state index contributed by atoms with van der Waals surface area (Å²) < 4.78 is 21.1. The van der Waals surface area contributed by atoms with Crippen molar-refractivity contribution in [3.8, 4) is 16.9 Å². The number of carboxylic acids is 1. The molecule has 0 bridgehead atoms.